The van der Waals surface area contributed by atoms with Crippen molar-refractivity contribution < 1.29 is 45.5 Å². The SMILES string of the molecule is CN(Cc1ccc2c(c1)C(C(F)(F)F)(C(F)(F)F)OC2)C(=O)CCN1C(=O)C=CC1=O. The van der Waals surface area contributed by atoms with Crippen molar-refractivity contribution in [3.05, 3.63) is 47.0 Å². The number of rotatable bonds is 5. The second-order valence-corrected chi connectivity index (χ2v) is 7.12. The summed E-state index contributed by atoms with van der Waals surface area (Å²) in [5, 5.41) is 0. The zero-order chi connectivity index (χ0) is 23.2. The molecule has 0 bridgehead atoms. The van der Waals surface area contributed by atoms with Gasteiger partial charge < -0.3 is 9.64 Å². The number of halogens is 6. The van der Waals surface area contributed by atoms with E-state index in [1.54, 1.807) is 0 Å². The van der Waals surface area contributed by atoms with Gasteiger partial charge in [0.2, 0.25) is 5.91 Å². The Hall–Kier alpha value is -2.89. The second-order valence-electron chi connectivity index (χ2n) is 7.12. The molecule has 0 spiro atoms. The van der Waals surface area contributed by atoms with Gasteiger partial charge >= 0.3 is 12.4 Å². The van der Waals surface area contributed by atoms with E-state index >= 15 is 0 Å². The molecule has 0 N–H and O–H groups in total. The van der Waals surface area contributed by atoms with Gasteiger partial charge in [0.25, 0.3) is 17.4 Å². The number of hydrogen-bond acceptors (Lipinski definition) is 4. The van der Waals surface area contributed by atoms with Crippen molar-refractivity contribution in [1.29, 1.82) is 0 Å². The van der Waals surface area contributed by atoms with Crippen molar-refractivity contribution in [3.63, 3.8) is 0 Å². The summed E-state index contributed by atoms with van der Waals surface area (Å²) < 4.78 is 85.0. The molecular formula is C19H16F6N2O4. The van der Waals surface area contributed by atoms with E-state index in [-0.39, 0.29) is 30.6 Å². The molecule has 3 amide bonds. The average molecular weight is 450 g/mol. The highest BCUT2D eigenvalue weighted by atomic mass is 19.4. The molecule has 3 rings (SSSR count). The Kier molecular flexibility index (Phi) is 5.63. The summed E-state index contributed by atoms with van der Waals surface area (Å²) in [6.45, 7) is -1.33. The van der Waals surface area contributed by atoms with Gasteiger partial charge in [-0.3, -0.25) is 19.3 Å². The largest absolute Gasteiger partial charge is 0.430 e. The number of carbonyl (C=O) groups excluding carboxylic acids is 3. The first-order valence-electron chi connectivity index (χ1n) is 8.95. The minimum absolute atomic E-state index is 0.0352. The summed E-state index contributed by atoms with van der Waals surface area (Å²) in [7, 11) is 1.30. The Morgan fingerprint density at radius 3 is 2.23 bits per heavy atom. The van der Waals surface area contributed by atoms with Gasteiger partial charge in [0.1, 0.15) is 0 Å². The van der Waals surface area contributed by atoms with Crippen molar-refractivity contribution in [3.8, 4) is 0 Å². The van der Waals surface area contributed by atoms with Gasteiger partial charge in [-0.15, -0.1) is 0 Å². The van der Waals surface area contributed by atoms with Gasteiger partial charge in [0.05, 0.1) is 6.61 Å². The molecule has 0 fully saturated rings. The molecule has 2 heterocycles. The van der Waals surface area contributed by atoms with E-state index in [9.17, 15) is 40.7 Å². The number of hydrogen-bond donors (Lipinski definition) is 0. The summed E-state index contributed by atoms with van der Waals surface area (Å²) in [5.41, 5.74) is -5.69. The fourth-order valence-electron chi connectivity index (χ4n) is 3.48. The molecule has 1 aromatic rings. The predicted octanol–water partition coefficient (Wildman–Crippen LogP) is 2.81. The molecule has 0 saturated carbocycles. The Bertz CT molecular complexity index is 922. The van der Waals surface area contributed by atoms with Gasteiger partial charge in [-0.2, -0.15) is 26.3 Å². The predicted molar refractivity (Wildman–Crippen MR) is 92.0 cm³/mol. The summed E-state index contributed by atoms with van der Waals surface area (Å²) in [5.74, 6) is -1.70. The van der Waals surface area contributed by atoms with Crippen LogP contribution in [0.15, 0.2) is 30.4 Å². The molecule has 0 saturated heterocycles. The molecule has 1 aromatic carbocycles. The topological polar surface area (TPSA) is 66.9 Å². The van der Waals surface area contributed by atoms with Crippen LogP contribution in [0.3, 0.4) is 0 Å². The Morgan fingerprint density at radius 1 is 1.10 bits per heavy atom. The fraction of sp³-hybridized carbons (Fsp3) is 0.421. The third-order valence-corrected chi connectivity index (χ3v) is 5.09. The van der Waals surface area contributed by atoms with E-state index < -0.39 is 47.8 Å². The summed E-state index contributed by atoms with van der Waals surface area (Å²) in [4.78, 5) is 37.2. The number of imide groups is 1. The highest BCUT2D eigenvalue weighted by Gasteiger charge is 2.75. The third kappa shape index (κ3) is 3.91. The lowest BCUT2D eigenvalue weighted by molar-refractivity contribution is -0.385. The molecule has 31 heavy (non-hydrogen) atoms. The average Bonchev–Trinajstić information content (AvgIpc) is 3.20. The molecule has 0 aromatic heterocycles. The van der Waals surface area contributed by atoms with E-state index in [0.29, 0.717) is 0 Å². The number of benzene rings is 1. The van der Waals surface area contributed by atoms with Crippen molar-refractivity contribution in [2.24, 2.45) is 0 Å². The van der Waals surface area contributed by atoms with E-state index in [4.69, 9.17) is 0 Å². The molecule has 6 nitrogen and oxygen atoms in total. The lowest BCUT2D eigenvalue weighted by atomic mass is 9.89. The van der Waals surface area contributed by atoms with Gasteiger partial charge in [-0.05, 0) is 11.1 Å². The van der Waals surface area contributed by atoms with Crippen LogP contribution in [0.25, 0.3) is 0 Å². The number of ether oxygens (including phenoxy) is 1. The number of amides is 3. The molecule has 2 aliphatic heterocycles. The van der Waals surface area contributed by atoms with Gasteiger partial charge in [0.15, 0.2) is 0 Å². The maximum Gasteiger partial charge on any atom is 0.430 e. The van der Waals surface area contributed by atoms with E-state index in [1.165, 1.54) is 13.1 Å². The van der Waals surface area contributed by atoms with Crippen LogP contribution < -0.4 is 0 Å². The molecule has 168 valence electrons. The summed E-state index contributed by atoms with van der Waals surface area (Å²) in [6.07, 6.45) is -9.62. The molecule has 2 aliphatic rings. The molecule has 12 heteroatoms. The number of fused-ring (bicyclic) bond motifs is 1. The van der Waals surface area contributed by atoms with Gasteiger partial charge in [0, 0.05) is 44.3 Å². The first kappa shape index (κ1) is 22.8. The highest BCUT2D eigenvalue weighted by molar-refractivity contribution is 6.13. The van der Waals surface area contributed by atoms with Crippen LogP contribution >= 0.6 is 0 Å². The van der Waals surface area contributed by atoms with Crippen LogP contribution in [0, 0.1) is 0 Å². The van der Waals surface area contributed by atoms with Gasteiger partial charge in [-0.25, -0.2) is 0 Å². The van der Waals surface area contributed by atoms with E-state index in [2.05, 4.69) is 4.74 Å². The smallest absolute Gasteiger partial charge is 0.349 e. The lowest BCUT2D eigenvalue weighted by Crippen LogP contribution is -2.53. The maximum atomic E-state index is 13.5. The van der Waals surface area contributed by atoms with Gasteiger partial charge in [-0.1, -0.05) is 18.2 Å². The van der Waals surface area contributed by atoms with E-state index in [1.807, 2.05) is 0 Å². The Morgan fingerprint density at radius 2 is 1.68 bits per heavy atom. The van der Waals surface area contributed by atoms with Crippen LogP contribution in [0.4, 0.5) is 26.3 Å². The summed E-state index contributed by atoms with van der Waals surface area (Å²) >= 11 is 0. The van der Waals surface area contributed by atoms with Crippen molar-refractivity contribution in [2.75, 3.05) is 13.6 Å². The zero-order valence-corrected chi connectivity index (χ0v) is 16.0. The number of nitrogens with zero attached hydrogens (tertiary/aromatic N) is 2. The molecule has 0 aliphatic carbocycles. The maximum absolute atomic E-state index is 13.5. The van der Waals surface area contributed by atoms with E-state index in [0.717, 1.165) is 34.1 Å². The molecule has 0 unspecified atom stereocenters. The minimum Gasteiger partial charge on any atom is -0.349 e. The van der Waals surface area contributed by atoms with Crippen LogP contribution in [-0.2, 0) is 37.9 Å². The molecule has 0 radical (unpaired) electrons. The number of alkyl halides is 6. The van der Waals surface area contributed by atoms with Crippen LogP contribution in [0.1, 0.15) is 23.1 Å². The van der Waals surface area contributed by atoms with Crippen molar-refractivity contribution >= 4 is 17.7 Å². The normalized spacial score (nSPS) is 18.0. The second kappa shape index (κ2) is 7.66. The van der Waals surface area contributed by atoms with Crippen LogP contribution in [0.2, 0.25) is 0 Å². The standard InChI is InChI=1S/C19H16F6N2O4/c1-26(14(28)6-7-27-15(29)4-5-16(27)30)9-11-2-3-12-10-31-17(13(12)8-11,18(20,21)22)19(23,24)25/h2-5,8H,6-7,9-10H2,1H3. The lowest BCUT2D eigenvalue weighted by Gasteiger charge is -2.33. The first-order chi connectivity index (χ1) is 14.3. The third-order valence-electron chi connectivity index (χ3n) is 5.09. The molecule has 0 atom stereocenters. The number of carbonyl (C=O) groups is 3. The molecular weight excluding hydrogens is 434 g/mol. The Balaban J connectivity index is 1.76. The van der Waals surface area contributed by atoms with Crippen molar-refractivity contribution in [2.45, 2.75) is 37.5 Å². The van der Waals surface area contributed by atoms with Crippen LogP contribution in [0.5, 0.6) is 0 Å². The Labute approximate surface area is 172 Å². The quantitative estimate of drug-likeness (QED) is 0.511. The monoisotopic (exact) mass is 450 g/mol. The van der Waals surface area contributed by atoms with Crippen molar-refractivity contribution in [1.82, 2.24) is 9.80 Å². The zero-order valence-electron chi connectivity index (χ0n) is 16.0. The van der Waals surface area contributed by atoms with Crippen LogP contribution in [-0.4, -0.2) is 53.5 Å². The highest BCUT2D eigenvalue weighted by Crippen LogP contribution is 2.57. The first-order valence-corrected chi connectivity index (χ1v) is 8.95. The minimum atomic E-state index is -5.74. The summed E-state index contributed by atoms with van der Waals surface area (Å²) in [6, 6.07) is 3.16. The fourth-order valence-corrected chi connectivity index (χ4v) is 3.48.